The number of ether oxygens (including phenoxy) is 1. The lowest BCUT2D eigenvalue weighted by Gasteiger charge is -2.33. The van der Waals surface area contributed by atoms with Crippen LogP contribution >= 0.6 is 0 Å². The average molecular weight is 450 g/mol. The van der Waals surface area contributed by atoms with Crippen LogP contribution in [0.3, 0.4) is 0 Å². The number of carbonyl (C=O) groups is 2. The monoisotopic (exact) mass is 449 g/mol. The smallest absolute Gasteiger partial charge is 0.265 e. The fourth-order valence-electron chi connectivity index (χ4n) is 4.73. The lowest BCUT2D eigenvalue weighted by molar-refractivity contribution is -0.126. The predicted molar refractivity (Wildman–Crippen MR) is 116 cm³/mol. The number of piperidine rings is 1. The number of sulfonamides is 1. The Balaban J connectivity index is 1.53. The number of anilines is 1. The van der Waals surface area contributed by atoms with Crippen LogP contribution in [0.15, 0.2) is 17.0 Å². The highest BCUT2D eigenvalue weighted by atomic mass is 32.2. The molecule has 3 aliphatic rings. The molecular weight excluding hydrogens is 418 g/mol. The van der Waals surface area contributed by atoms with Crippen LogP contribution in [0.2, 0.25) is 0 Å². The Morgan fingerprint density at radius 3 is 2.68 bits per heavy atom. The Bertz CT molecular complexity index is 972. The van der Waals surface area contributed by atoms with Gasteiger partial charge in [0.05, 0.1) is 16.5 Å². The summed E-state index contributed by atoms with van der Waals surface area (Å²) in [4.78, 5) is 24.9. The highest BCUT2D eigenvalue weighted by Gasteiger charge is 2.36. The second-order valence-electron chi connectivity index (χ2n) is 8.81. The molecule has 0 aromatic heterocycles. The number of benzene rings is 1. The van der Waals surface area contributed by atoms with Gasteiger partial charge in [0.25, 0.3) is 5.91 Å². The number of fused-ring (bicyclic) bond motifs is 1. The van der Waals surface area contributed by atoms with Crippen LogP contribution in [0.5, 0.6) is 5.75 Å². The SMILES string of the molecule is CC[C@@H]1Oc2cc(S(=O)(=O)N3CCC[C@H](C(=O)NC4CCCC4)C3)c(C)cc2NC1=O. The van der Waals surface area contributed by atoms with Crippen molar-refractivity contribution in [3.63, 3.8) is 0 Å². The fourth-order valence-corrected chi connectivity index (χ4v) is 6.48. The molecule has 0 bridgehead atoms. The molecule has 8 nitrogen and oxygen atoms in total. The lowest BCUT2D eigenvalue weighted by Crippen LogP contribution is -2.47. The van der Waals surface area contributed by atoms with Crippen LogP contribution in [0.25, 0.3) is 0 Å². The molecule has 2 N–H and O–H groups in total. The molecule has 2 aliphatic heterocycles. The van der Waals surface area contributed by atoms with E-state index in [4.69, 9.17) is 4.74 Å². The third-order valence-electron chi connectivity index (χ3n) is 6.54. The van der Waals surface area contributed by atoms with Crippen molar-refractivity contribution in [3.8, 4) is 5.75 Å². The maximum Gasteiger partial charge on any atom is 0.265 e. The van der Waals surface area contributed by atoms with Gasteiger partial charge >= 0.3 is 0 Å². The van der Waals surface area contributed by atoms with Gasteiger partial charge in [-0.05, 0) is 50.7 Å². The van der Waals surface area contributed by atoms with Crippen molar-refractivity contribution in [3.05, 3.63) is 17.7 Å². The van der Waals surface area contributed by atoms with Gasteiger partial charge in [0.15, 0.2) is 6.10 Å². The van der Waals surface area contributed by atoms with Crippen molar-refractivity contribution in [1.29, 1.82) is 0 Å². The Morgan fingerprint density at radius 2 is 1.97 bits per heavy atom. The molecule has 0 radical (unpaired) electrons. The summed E-state index contributed by atoms with van der Waals surface area (Å²) in [5.74, 6) is -0.229. The Hall–Kier alpha value is -2.13. The first kappa shape index (κ1) is 22.1. The van der Waals surface area contributed by atoms with Crippen LogP contribution in [0, 0.1) is 12.8 Å². The summed E-state index contributed by atoms with van der Waals surface area (Å²) in [5, 5.41) is 5.90. The Morgan fingerprint density at radius 1 is 1.23 bits per heavy atom. The molecule has 31 heavy (non-hydrogen) atoms. The van der Waals surface area contributed by atoms with E-state index in [1.165, 1.54) is 10.4 Å². The van der Waals surface area contributed by atoms with E-state index >= 15 is 0 Å². The topological polar surface area (TPSA) is 105 Å². The first-order valence-electron chi connectivity index (χ1n) is 11.2. The van der Waals surface area contributed by atoms with Crippen LogP contribution in [0.4, 0.5) is 5.69 Å². The fraction of sp³-hybridized carbons (Fsp3) is 0.636. The Labute approximate surface area is 183 Å². The molecule has 0 spiro atoms. The van der Waals surface area contributed by atoms with Gasteiger partial charge in [-0.25, -0.2) is 8.42 Å². The predicted octanol–water partition coefficient (Wildman–Crippen LogP) is 2.56. The summed E-state index contributed by atoms with van der Waals surface area (Å²) in [7, 11) is -3.80. The van der Waals surface area contributed by atoms with Crippen molar-refractivity contribution >= 4 is 27.5 Å². The molecule has 1 saturated carbocycles. The number of amides is 2. The van der Waals surface area contributed by atoms with E-state index in [1.807, 2.05) is 6.92 Å². The van der Waals surface area contributed by atoms with Crippen molar-refractivity contribution < 1.29 is 22.7 Å². The number of hydrogen-bond donors (Lipinski definition) is 2. The first-order chi connectivity index (χ1) is 14.8. The summed E-state index contributed by atoms with van der Waals surface area (Å²) in [6.45, 7) is 4.12. The minimum absolute atomic E-state index is 0.0363. The van der Waals surface area contributed by atoms with E-state index in [0.29, 0.717) is 42.8 Å². The van der Waals surface area contributed by atoms with E-state index in [0.717, 1.165) is 25.7 Å². The zero-order chi connectivity index (χ0) is 22.2. The molecule has 0 unspecified atom stereocenters. The molecule has 1 aliphatic carbocycles. The zero-order valence-corrected chi connectivity index (χ0v) is 19.0. The van der Waals surface area contributed by atoms with Gasteiger partial charge in [-0.1, -0.05) is 19.8 Å². The highest BCUT2D eigenvalue weighted by Crippen LogP contribution is 2.36. The molecule has 1 saturated heterocycles. The molecule has 2 heterocycles. The van der Waals surface area contributed by atoms with Crippen molar-refractivity contribution in [2.45, 2.75) is 75.8 Å². The largest absolute Gasteiger partial charge is 0.478 e. The minimum Gasteiger partial charge on any atom is -0.478 e. The minimum atomic E-state index is -3.80. The molecule has 1 aromatic carbocycles. The van der Waals surface area contributed by atoms with Gasteiger partial charge in [0.1, 0.15) is 5.75 Å². The van der Waals surface area contributed by atoms with Gasteiger partial charge in [0.2, 0.25) is 15.9 Å². The number of carbonyl (C=O) groups excluding carboxylic acids is 2. The molecule has 2 atom stereocenters. The van der Waals surface area contributed by atoms with Crippen LogP contribution in [-0.4, -0.2) is 49.8 Å². The number of nitrogens with one attached hydrogen (secondary N) is 2. The maximum atomic E-state index is 13.5. The van der Waals surface area contributed by atoms with Gasteiger partial charge in [-0.15, -0.1) is 0 Å². The van der Waals surface area contributed by atoms with Crippen molar-refractivity contribution in [2.24, 2.45) is 5.92 Å². The number of rotatable bonds is 5. The first-order valence-corrected chi connectivity index (χ1v) is 12.7. The lowest BCUT2D eigenvalue weighted by atomic mass is 9.98. The summed E-state index contributed by atoms with van der Waals surface area (Å²) < 4.78 is 34.1. The summed E-state index contributed by atoms with van der Waals surface area (Å²) in [6, 6.07) is 3.37. The molecule has 2 amide bonds. The quantitative estimate of drug-likeness (QED) is 0.719. The third-order valence-corrected chi connectivity index (χ3v) is 8.55. The number of nitrogens with zero attached hydrogens (tertiary/aromatic N) is 1. The third kappa shape index (κ3) is 4.43. The van der Waals surface area contributed by atoms with Crippen LogP contribution < -0.4 is 15.4 Å². The van der Waals surface area contributed by atoms with Gasteiger partial charge in [0, 0.05) is 25.2 Å². The van der Waals surface area contributed by atoms with Gasteiger partial charge < -0.3 is 15.4 Å². The summed E-state index contributed by atoms with van der Waals surface area (Å²) in [6.07, 6.45) is 5.48. The maximum absolute atomic E-state index is 13.5. The standard InChI is InChI=1S/C22H31N3O5S/c1-3-18-22(27)24-17-11-14(2)20(12-19(17)30-18)31(28,29)25-10-6-7-15(13-25)21(26)23-16-8-4-5-9-16/h11-12,15-16,18H,3-10,13H2,1-2H3,(H,23,26)(H,24,27)/t15-,18-/m0/s1. The van der Waals surface area contributed by atoms with Crippen LogP contribution in [-0.2, 0) is 19.6 Å². The average Bonchev–Trinajstić information content (AvgIpc) is 3.26. The number of hydrogen-bond acceptors (Lipinski definition) is 5. The molecule has 170 valence electrons. The van der Waals surface area contributed by atoms with E-state index in [1.54, 1.807) is 13.0 Å². The van der Waals surface area contributed by atoms with Gasteiger partial charge in [-0.2, -0.15) is 4.31 Å². The van der Waals surface area contributed by atoms with Crippen molar-refractivity contribution in [2.75, 3.05) is 18.4 Å². The molecule has 1 aromatic rings. The highest BCUT2D eigenvalue weighted by molar-refractivity contribution is 7.89. The zero-order valence-electron chi connectivity index (χ0n) is 18.1. The normalized spacial score (nSPS) is 24.9. The van der Waals surface area contributed by atoms with E-state index in [9.17, 15) is 18.0 Å². The van der Waals surface area contributed by atoms with E-state index in [2.05, 4.69) is 10.6 Å². The molecular formula is C22H31N3O5S. The van der Waals surface area contributed by atoms with Crippen LogP contribution in [0.1, 0.15) is 57.4 Å². The molecule has 4 rings (SSSR count). The molecule has 2 fully saturated rings. The molecule has 9 heteroatoms. The number of aryl methyl sites for hydroxylation is 1. The second kappa shape index (κ2) is 8.78. The van der Waals surface area contributed by atoms with Gasteiger partial charge in [-0.3, -0.25) is 9.59 Å². The Kier molecular flexibility index (Phi) is 6.25. The second-order valence-corrected chi connectivity index (χ2v) is 10.7. The van der Waals surface area contributed by atoms with E-state index in [-0.39, 0.29) is 35.2 Å². The van der Waals surface area contributed by atoms with Crippen molar-refractivity contribution in [1.82, 2.24) is 9.62 Å². The summed E-state index contributed by atoms with van der Waals surface area (Å²) in [5.41, 5.74) is 1.02. The van der Waals surface area contributed by atoms with E-state index < -0.39 is 16.1 Å². The summed E-state index contributed by atoms with van der Waals surface area (Å²) >= 11 is 0.